The number of hydrogen-bond acceptors (Lipinski definition) is 1. The minimum Gasteiger partial charge on any atom is -0.309 e. The zero-order chi connectivity index (χ0) is 7.40. The average molecular weight is 176 g/mol. The number of hydrogen-bond donors (Lipinski definition) is 0. The number of nitrogens with zero attached hydrogens (tertiary/aromatic N) is 1. The van der Waals surface area contributed by atoms with Crippen LogP contribution in [0.2, 0.25) is 0 Å². The van der Waals surface area contributed by atoms with E-state index in [1.807, 2.05) is 0 Å². The highest BCUT2D eigenvalue weighted by molar-refractivity contribution is 5.85. The standard InChI is InChI=1S/C9H17N.ClH/c1-10(2)8-9-6-4-3-5-7-9;/h3-4,9H,5-8H2,1-2H3;1H. The van der Waals surface area contributed by atoms with Gasteiger partial charge >= 0.3 is 0 Å². The molecule has 0 fully saturated rings. The summed E-state index contributed by atoms with van der Waals surface area (Å²) >= 11 is 0. The van der Waals surface area contributed by atoms with E-state index in [4.69, 9.17) is 0 Å². The molecule has 0 aromatic heterocycles. The topological polar surface area (TPSA) is 3.24 Å². The van der Waals surface area contributed by atoms with Gasteiger partial charge in [-0.25, -0.2) is 0 Å². The summed E-state index contributed by atoms with van der Waals surface area (Å²) in [5.74, 6) is 0.917. The molecule has 1 unspecified atom stereocenters. The molecule has 2 heteroatoms. The first-order valence-electron chi connectivity index (χ1n) is 4.09. The molecule has 0 saturated heterocycles. The Hall–Kier alpha value is -0.0100. The summed E-state index contributed by atoms with van der Waals surface area (Å²) < 4.78 is 0. The Bertz CT molecular complexity index is 121. The van der Waals surface area contributed by atoms with E-state index in [1.54, 1.807) is 0 Å². The number of allylic oxidation sites excluding steroid dienone is 2. The van der Waals surface area contributed by atoms with Crippen LogP contribution in [-0.2, 0) is 0 Å². The van der Waals surface area contributed by atoms with Gasteiger partial charge in [-0.2, -0.15) is 0 Å². The lowest BCUT2D eigenvalue weighted by atomic mass is 9.94. The van der Waals surface area contributed by atoms with Crippen molar-refractivity contribution in [3.05, 3.63) is 12.2 Å². The Kier molecular flexibility index (Phi) is 5.61. The van der Waals surface area contributed by atoms with Crippen LogP contribution < -0.4 is 0 Å². The highest BCUT2D eigenvalue weighted by Gasteiger charge is 2.09. The smallest absolute Gasteiger partial charge is 0.000663 e. The van der Waals surface area contributed by atoms with Crippen molar-refractivity contribution < 1.29 is 0 Å². The van der Waals surface area contributed by atoms with Gasteiger partial charge in [-0.3, -0.25) is 0 Å². The van der Waals surface area contributed by atoms with Crippen molar-refractivity contribution in [1.82, 2.24) is 4.90 Å². The van der Waals surface area contributed by atoms with Crippen LogP contribution in [0, 0.1) is 5.92 Å². The van der Waals surface area contributed by atoms with Crippen LogP contribution in [0.4, 0.5) is 0 Å². The SMILES string of the molecule is CN(C)CC1CC=CCC1.Cl. The summed E-state index contributed by atoms with van der Waals surface area (Å²) in [4.78, 5) is 2.28. The highest BCUT2D eigenvalue weighted by Crippen LogP contribution is 2.17. The third-order valence-electron chi connectivity index (χ3n) is 2.00. The van der Waals surface area contributed by atoms with E-state index >= 15 is 0 Å². The van der Waals surface area contributed by atoms with Gasteiger partial charge in [-0.1, -0.05) is 12.2 Å². The summed E-state index contributed by atoms with van der Waals surface area (Å²) in [5.41, 5.74) is 0. The van der Waals surface area contributed by atoms with Crippen LogP contribution in [0.15, 0.2) is 12.2 Å². The molecule has 0 aromatic rings. The van der Waals surface area contributed by atoms with Crippen LogP contribution in [0.25, 0.3) is 0 Å². The summed E-state index contributed by atoms with van der Waals surface area (Å²) in [7, 11) is 4.30. The summed E-state index contributed by atoms with van der Waals surface area (Å²) in [6.45, 7) is 1.25. The lowest BCUT2D eigenvalue weighted by molar-refractivity contribution is 0.309. The average Bonchev–Trinajstić information content (AvgIpc) is 1.88. The lowest BCUT2D eigenvalue weighted by Gasteiger charge is -2.21. The Labute approximate surface area is 75.9 Å². The maximum absolute atomic E-state index is 2.32. The second-order valence-corrected chi connectivity index (χ2v) is 3.41. The molecule has 0 aliphatic heterocycles. The van der Waals surface area contributed by atoms with E-state index in [2.05, 4.69) is 31.1 Å². The second-order valence-electron chi connectivity index (χ2n) is 3.41. The fraction of sp³-hybridized carbons (Fsp3) is 0.778. The molecule has 0 radical (unpaired) electrons. The van der Waals surface area contributed by atoms with Gasteiger partial charge in [0.1, 0.15) is 0 Å². The van der Waals surface area contributed by atoms with Crippen molar-refractivity contribution >= 4 is 12.4 Å². The normalized spacial score (nSPS) is 23.4. The fourth-order valence-electron chi connectivity index (χ4n) is 1.54. The van der Waals surface area contributed by atoms with Gasteiger partial charge in [0, 0.05) is 6.54 Å². The second kappa shape index (κ2) is 5.62. The Morgan fingerprint density at radius 3 is 2.55 bits per heavy atom. The van der Waals surface area contributed by atoms with Gasteiger partial charge in [0.25, 0.3) is 0 Å². The molecule has 1 nitrogen and oxygen atoms in total. The molecule has 1 atom stereocenters. The van der Waals surface area contributed by atoms with Crippen molar-refractivity contribution in [2.75, 3.05) is 20.6 Å². The summed E-state index contributed by atoms with van der Waals surface area (Å²) in [6.07, 6.45) is 8.58. The third-order valence-corrected chi connectivity index (χ3v) is 2.00. The molecule has 0 amide bonds. The predicted molar refractivity (Wildman–Crippen MR) is 52.3 cm³/mol. The van der Waals surface area contributed by atoms with Gasteiger partial charge < -0.3 is 4.90 Å². The largest absolute Gasteiger partial charge is 0.309 e. The maximum atomic E-state index is 2.32. The molecule has 1 aliphatic rings. The number of halogens is 1. The predicted octanol–water partition coefficient (Wildman–Crippen LogP) is 2.33. The van der Waals surface area contributed by atoms with E-state index in [1.165, 1.54) is 25.8 Å². The minimum absolute atomic E-state index is 0. The Balaban J connectivity index is 0.000001000. The van der Waals surface area contributed by atoms with Gasteiger partial charge in [0.15, 0.2) is 0 Å². The summed E-state index contributed by atoms with van der Waals surface area (Å²) in [5, 5.41) is 0. The van der Waals surface area contributed by atoms with Crippen LogP contribution in [-0.4, -0.2) is 25.5 Å². The fourth-order valence-corrected chi connectivity index (χ4v) is 1.54. The van der Waals surface area contributed by atoms with Gasteiger partial charge in [0.05, 0.1) is 0 Å². The first kappa shape index (κ1) is 11.0. The Morgan fingerprint density at radius 2 is 2.09 bits per heavy atom. The van der Waals surface area contributed by atoms with E-state index < -0.39 is 0 Å². The molecular weight excluding hydrogens is 158 g/mol. The van der Waals surface area contributed by atoms with Gasteiger partial charge in [-0.05, 0) is 39.3 Å². The van der Waals surface area contributed by atoms with Crippen LogP contribution in [0.1, 0.15) is 19.3 Å². The zero-order valence-corrected chi connectivity index (χ0v) is 8.23. The zero-order valence-electron chi connectivity index (χ0n) is 7.42. The van der Waals surface area contributed by atoms with Crippen molar-refractivity contribution in [2.45, 2.75) is 19.3 Å². The maximum Gasteiger partial charge on any atom is 0.000663 e. The minimum atomic E-state index is 0. The first-order chi connectivity index (χ1) is 4.79. The molecule has 66 valence electrons. The van der Waals surface area contributed by atoms with Crippen LogP contribution in [0.5, 0.6) is 0 Å². The van der Waals surface area contributed by atoms with Gasteiger partial charge in [0.2, 0.25) is 0 Å². The lowest BCUT2D eigenvalue weighted by Crippen LogP contribution is -2.22. The van der Waals surface area contributed by atoms with E-state index in [-0.39, 0.29) is 12.4 Å². The van der Waals surface area contributed by atoms with Crippen molar-refractivity contribution in [3.8, 4) is 0 Å². The van der Waals surface area contributed by atoms with Crippen LogP contribution >= 0.6 is 12.4 Å². The van der Waals surface area contributed by atoms with Crippen LogP contribution in [0.3, 0.4) is 0 Å². The first-order valence-corrected chi connectivity index (χ1v) is 4.09. The highest BCUT2D eigenvalue weighted by atomic mass is 35.5. The van der Waals surface area contributed by atoms with Crippen molar-refractivity contribution in [2.24, 2.45) is 5.92 Å². The molecule has 0 aromatic carbocycles. The molecule has 0 saturated carbocycles. The van der Waals surface area contributed by atoms with Gasteiger partial charge in [-0.15, -0.1) is 12.4 Å². The molecule has 11 heavy (non-hydrogen) atoms. The molecular formula is C9H18ClN. The van der Waals surface area contributed by atoms with E-state index in [9.17, 15) is 0 Å². The monoisotopic (exact) mass is 175 g/mol. The quantitative estimate of drug-likeness (QED) is 0.583. The summed E-state index contributed by atoms with van der Waals surface area (Å²) in [6, 6.07) is 0. The third kappa shape index (κ3) is 4.44. The molecule has 1 rings (SSSR count). The molecule has 0 heterocycles. The van der Waals surface area contributed by atoms with Crippen molar-refractivity contribution in [3.63, 3.8) is 0 Å². The molecule has 0 N–H and O–H groups in total. The molecule has 0 spiro atoms. The van der Waals surface area contributed by atoms with Crippen molar-refractivity contribution in [1.29, 1.82) is 0 Å². The Morgan fingerprint density at radius 1 is 1.36 bits per heavy atom. The molecule has 0 bridgehead atoms. The van der Waals surface area contributed by atoms with E-state index in [0.717, 1.165) is 5.92 Å². The molecule has 1 aliphatic carbocycles. The number of rotatable bonds is 2. The van der Waals surface area contributed by atoms with E-state index in [0.29, 0.717) is 0 Å².